The Morgan fingerprint density at radius 1 is 1.07 bits per heavy atom. The second-order valence-corrected chi connectivity index (χ2v) is 6.76. The summed E-state index contributed by atoms with van der Waals surface area (Å²) >= 11 is 0. The molecule has 0 bridgehead atoms. The summed E-state index contributed by atoms with van der Waals surface area (Å²) < 4.78 is 19.4. The third-order valence-electron chi connectivity index (χ3n) is 5.12. The van der Waals surface area contributed by atoms with Crippen LogP contribution in [0.2, 0.25) is 0 Å². The maximum absolute atomic E-state index is 13.9. The molecule has 3 rings (SSSR count). The van der Waals surface area contributed by atoms with E-state index in [9.17, 15) is 9.18 Å². The van der Waals surface area contributed by atoms with Gasteiger partial charge in [0.25, 0.3) is 5.91 Å². The Bertz CT molecular complexity index is 945. The number of para-hydroxylation sites is 1. The van der Waals surface area contributed by atoms with Gasteiger partial charge in [0.1, 0.15) is 6.54 Å². The minimum absolute atomic E-state index is 0.130. The Kier molecular flexibility index (Phi) is 5.91. The second kappa shape index (κ2) is 8.35. The molecule has 0 saturated heterocycles. The number of quaternary nitrogens is 1. The number of aryl methyl sites for hydroxylation is 1. The van der Waals surface area contributed by atoms with Gasteiger partial charge in [-0.05, 0) is 32.4 Å². The van der Waals surface area contributed by atoms with Crippen molar-refractivity contribution in [3.8, 4) is 0 Å². The molecule has 2 aromatic carbocycles. The van der Waals surface area contributed by atoms with E-state index in [1.165, 1.54) is 16.5 Å². The van der Waals surface area contributed by atoms with Gasteiger partial charge in [0.05, 0.1) is 13.1 Å². The van der Waals surface area contributed by atoms with Gasteiger partial charge < -0.3 is 14.6 Å². The minimum atomic E-state index is -0.456. The molecule has 0 aliphatic heterocycles. The standard InChI is InChI=1S/C22H25FN2O2/c1-4-25(5-2)14-17-10-7-6-9-16(17)13-24-22(26)20-15(3)18-11-8-12-19(23)21(18)27-20/h6-12H,4-5,13-14H2,1-3H3,(H,24,26)/p+1. The molecular weight excluding hydrogens is 343 g/mol. The molecule has 0 saturated carbocycles. The van der Waals surface area contributed by atoms with Gasteiger partial charge in [0.15, 0.2) is 17.2 Å². The number of halogens is 1. The summed E-state index contributed by atoms with van der Waals surface area (Å²) in [4.78, 5) is 14.1. The Morgan fingerprint density at radius 3 is 2.44 bits per heavy atom. The average Bonchev–Trinajstić information content (AvgIpc) is 3.03. The van der Waals surface area contributed by atoms with E-state index in [1.807, 2.05) is 18.2 Å². The lowest BCUT2D eigenvalue weighted by atomic mass is 10.1. The normalized spacial score (nSPS) is 11.3. The highest BCUT2D eigenvalue weighted by Crippen LogP contribution is 2.27. The van der Waals surface area contributed by atoms with Gasteiger partial charge in [-0.3, -0.25) is 4.79 Å². The van der Waals surface area contributed by atoms with Crippen molar-refractivity contribution < 1.29 is 18.5 Å². The number of nitrogens with one attached hydrogen (secondary N) is 2. The van der Waals surface area contributed by atoms with E-state index in [1.54, 1.807) is 19.1 Å². The van der Waals surface area contributed by atoms with E-state index in [0.717, 1.165) is 25.2 Å². The molecule has 1 amide bonds. The number of furan rings is 1. The zero-order valence-corrected chi connectivity index (χ0v) is 16.1. The molecule has 3 aromatic rings. The molecule has 0 atom stereocenters. The van der Waals surface area contributed by atoms with Crippen LogP contribution in [0, 0.1) is 12.7 Å². The summed E-state index contributed by atoms with van der Waals surface area (Å²) in [6.45, 7) is 9.57. The lowest BCUT2D eigenvalue weighted by molar-refractivity contribution is -0.910. The van der Waals surface area contributed by atoms with Gasteiger partial charge in [-0.15, -0.1) is 0 Å². The number of rotatable bonds is 7. The first-order valence-electron chi connectivity index (χ1n) is 9.41. The molecule has 0 radical (unpaired) electrons. The molecule has 0 unspecified atom stereocenters. The molecule has 1 heterocycles. The highest BCUT2D eigenvalue weighted by atomic mass is 19.1. The van der Waals surface area contributed by atoms with Gasteiger partial charge in [-0.2, -0.15) is 0 Å². The van der Waals surface area contributed by atoms with Crippen LogP contribution in [0.4, 0.5) is 4.39 Å². The van der Waals surface area contributed by atoms with E-state index in [0.29, 0.717) is 17.5 Å². The third-order valence-corrected chi connectivity index (χ3v) is 5.12. The first-order valence-corrected chi connectivity index (χ1v) is 9.41. The van der Waals surface area contributed by atoms with Crippen LogP contribution < -0.4 is 10.2 Å². The maximum atomic E-state index is 13.9. The van der Waals surface area contributed by atoms with Gasteiger partial charge >= 0.3 is 0 Å². The fourth-order valence-corrected chi connectivity index (χ4v) is 3.35. The van der Waals surface area contributed by atoms with Crippen LogP contribution in [0.1, 0.15) is 41.1 Å². The number of fused-ring (bicyclic) bond motifs is 1. The minimum Gasteiger partial charge on any atom is -0.448 e. The summed E-state index contributed by atoms with van der Waals surface area (Å²) in [5.41, 5.74) is 3.10. The number of amides is 1. The molecule has 1 aromatic heterocycles. The molecule has 27 heavy (non-hydrogen) atoms. The van der Waals surface area contributed by atoms with Crippen LogP contribution in [-0.2, 0) is 13.1 Å². The maximum Gasteiger partial charge on any atom is 0.287 e. The first-order chi connectivity index (χ1) is 13.0. The first kappa shape index (κ1) is 19.1. The molecule has 0 aliphatic carbocycles. The average molecular weight is 369 g/mol. The van der Waals surface area contributed by atoms with Crippen LogP contribution in [-0.4, -0.2) is 19.0 Å². The monoisotopic (exact) mass is 369 g/mol. The zero-order chi connectivity index (χ0) is 19.4. The lowest BCUT2D eigenvalue weighted by Gasteiger charge is -2.17. The molecule has 142 valence electrons. The van der Waals surface area contributed by atoms with Gasteiger partial charge in [-0.25, -0.2) is 4.39 Å². The molecule has 5 heteroatoms. The fraction of sp³-hybridized carbons (Fsp3) is 0.318. The SMILES string of the molecule is CC[NH+](CC)Cc1ccccc1CNC(=O)c1oc2c(F)cccc2c1C. The van der Waals surface area contributed by atoms with E-state index in [-0.39, 0.29) is 17.3 Å². The van der Waals surface area contributed by atoms with E-state index >= 15 is 0 Å². The summed E-state index contributed by atoms with van der Waals surface area (Å²) in [5, 5.41) is 3.55. The van der Waals surface area contributed by atoms with Crippen molar-refractivity contribution in [1.82, 2.24) is 5.32 Å². The lowest BCUT2D eigenvalue weighted by Crippen LogP contribution is -3.10. The smallest absolute Gasteiger partial charge is 0.287 e. The van der Waals surface area contributed by atoms with Crippen molar-refractivity contribution in [3.05, 3.63) is 70.7 Å². The highest BCUT2D eigenvalue weighted by Gasteiger charge is 2.19. The van der Waals surface area contributed by atoms with Crippen LogP contribution in [0.5, 0.6) is 0 Å². The number of carbonyl (C=O) groups excluding carboxylic acids is 1. The van der Waals surface area contributed by atoms with Crippen molar-refractivity contribution >= 4 is 16.9 Å². The second-order valence-electron chi connectivity index (χ2n) is 6.76. The van der Waals surface area contributed by atoms with Gasteiger partial charge in [-0.1, -0.05) is 36.4 Å². The van der Waals surface area contributed by atoms with Gasteiger partial charge in [0.2, 0.25) is 0 Å². The van der Waals surface area contributed by atoms with Crippen molar-refractivity contribution in [1.29, 1.82) is 0 Å². The third kappa shape index (κ3) is 4.03. The zero-order valence-electron chi connectivity index (χ0n) is 16.1. The Labute approximate surface area is 159 Å². The number of carbonyl (C=O) groups is 1. The fourth-order valence-electron chi connectivity index (χ4n) is 3.35. The Morgan fingerprint density at radius 2 is 1.78 bits per heavy atom. The van der Waals surface area contributed by atoms with Crippen molar-refractivity contribution in [2.45, 2.75) is 33.9 Å². The number of benzene rings is 2. The van der Waals surface area contributed by atoms with Crippen molar-refractivity contribution in [2.24, 2.45) is 0 Å². The Hall–Kier alpha value is -2.66. The van der Waals surface area contributed by atoms with Crippen LogP contribution in [0.3, 0.4) is 0 Å². The number of hydrogen-bond donors (Lipinski definition) is 2. The summed E-state index contributed by atoms with van der Waals surface area (Å²) in [7, 11) is 0. The van der Waals surface area contributed by atoms with E-state index in [4.69, 9.17) is 4.42 Å². The molecule has 2 N–H and O–H groups in total. The van der Waals surface area contributed by atoms with Crippen LogP contribution in [0.15, 0.2) is 46.9 Å². The van der Waals surface area contributed by atoms with Crippen molar-refractivity contribution in [2.75, 3.05) is 13.1 Å². The topological polar surface area (TPSA) is 46.7 Å². The van der Waals surface area contributed by atoms with E-state index < -0.39 is 5.82 Å². The number of hydrogen-bond acceptors (Lipinski definition) is 2. The molecular formula is C22H26FN2O2+. The van der Waals surface area contributed by atoms with Gasteiger partial charge in [0, 0.05) is 23.1 Å². The summed E-state index contributed by atoms with van der Waals surface area (Å²) in [6, 6.07) is 12.8. The predicted molar refractivity (Wildman–Crippen MR) is 104 cm³/mol. The quantitative estimate of drug-likeness (QED) is 0.672. The predicted octanol–water partition coefficient (Wildman–Crippen LogP) is 3.24. The molecule has 0 aliphatic rings. The summed E-state index contributed by atoms with van der Waals surface area (Å²) in [6.07, 6.45) is 0. The summed E-state index contributed by atoms with van der Waals surface area (Å²) in [5.74, 6) is -0.614. The molecule has 0 fully saturated rings. The van der Waals surface area contributed by atoms with Crippen LogP contribution >= 0.6 is 0 Å². The van der Waals surface area contributed by atoms with E-state index in [2.05, 4.69) is 25.2 Å². The Balaban J connectivity index is 1.77. The molecule has 4 nitrogen and oxygen atoms in total. The van der Waals surface area contributed by atoms with Crippen molar-refractivity contribution in [3.63, 3.8) is 0 Å². The van der Waals surface area contributed by atoms with Crippen LogP contribution in [0.25, 0.3) is 11.0 Å². The highest BCUT2D eigenvalue weighted by molar-refractivity contribution is 5.98. The largest absolute Gasteiger partial charge is 0.448 e. The molecule has 0 spiro atoms.